The van der Waals surface area contributed by atoms with Crippen molar-refractivity contribution in [1.29, 1.82) is 0 Å². The lowest BCUT2D eigenvalue weighted by molar-refractivity contribution is 0.416. The van der Waals surface area contributed by atoms with Gasteiger partial charge in [0.25, 0.3) is 10.0 Å². The largest absolute Gasteiger partial charge is 0.495 e. The average Bonchev–Trinajstić information content (AvgIpc) is 2.45. The zero-order valence-corrected chi connectivity index (χ0v) is 15.9. The summed E-state index contributed by atoms with van der Waals surface area (Å²) < 4.78 is 33.6. The molecule has 0 fully saturated rings. The van der Waals surface area contributed by atoms with E-state index in [-0.39, 0.29) is 10.3 Å². The molecule has 0 saturated heterocycles. The minimum absolute atomic E-state index is 0.0910. The summed E-state index contributed by atoms with van der Waals surface area (Å²) in [7, 11) is -2.16. The Hall–Kier alpha value is -2.01. The molecule has 130 valence electrons. The van der Waals surface area contributed by atoms with Crippen LogP contribution in [0.4, 0.5) is 5.69 Å². The molecule has 4 nitrogen and oxygen atoms in total. The molecular weight excluding hydrogens is 322 g/mol. The molecular formula is C19H25NO3S. The van der Waals surface area contributed by atoms with Gasteiger partial charge in [-0.15, -0.1) is 0 Å². The van der Waals surface area contributed by atoms with Gasteiger partial charge < -0.3 is 4.74 Å². The second-order valence-electron chi connectivity index (χ2n) is 7.04. The Labute approximate surface area is 144 Å². The second kappa shape index (κ2) is 6.48. The van der Waals surface area contributed by atoms with Crippen LogP contribution in [0.1, 0.15) is 37.5 Å². The fourth-order valence-corrected chi connectivity index (χ4v) is 3.84. The van der Waals surface area contributed by atoms with Gasteiger partial charge in [-0.05, 0) is 48.6 Å². The van der Waals surface area contributed by atoms with Gasteiger partial charge in [0, 0.05) is 0 Å². The van der Waals surface area contributed by atoms with E-state index in [1.807, 2.05) is 25.1 Å². The van der Waals surface area contributed by atoms with E-state index in [2.05, 4.69) is 25.5 Å². The first-order valence-electron chi connectivity index (χ1n) is 7.83. The van der Waals surface area contributed by atoms with Crippen LogP contribution in [0.15, 0.2) is 41.3 Å². The number of hydrogen-bond donors (Lipinski definition) is 1. The Bertz CT molecular complexity index is 849. The van der Waals surface area contributed by atoms with Crippen LogP contribution in [0.2, 0.25) is 0 Å². The van der Waals surface area contributed by atoms with Gasteiger partial charge in [-0.3, -0.25) is 4.72 Å². The topological polar surface area (TPSA) is 55.4 Å². The third kappa shape index (κ3) is 3.90. The number of aryl methyl sites for hydroxylation is 2. The molecule has 0 bridgehead atoms. The van der Waals surface area contributed by atoms with E-state index in [9.17, 15) is 8.42 Å². The summed E-state index contributed by atoms with van der Waals surface area (Å²) in [5.41, 5.74) is 3.13. The molecule has 0 unspecified atom stereocenters. The highest BCUT2D eigenvalue weighted by Crippen LogP contribution is 2.33. The summed E-state index contributed by atoms with van der Waals surface area (Å²) in [6, 6.07) is 10.9. The molecule has 2 aromatic carbocycles. The van der Waals surface area contributed by atoms with Crippen LogP contribution in [0.25, 0.3) is 0 Å². The maximum absolute atomic E-state index is 12.8. The normalized spacial score (nSPS) is 12.1. The number of nitrogens with one attached hydrogen (secondary N) is 1. The maximum atomic E-state index is 12.8. The molecule has 2 aromatic rings. The smallest absolute Gasteiger partial charge is 0.262 e. The van der Waals surface area contributed by atoms with Gasteiger partial charge in [0.2, 0.25) is 0 Å². The van der Waals surface area contributed by atoms with Crippen LogP contribution in [0.5, 0.6) is 5.75 Å². The minimum Gasteiger partial charge on any atom is -0.495 e. The third-order valence-electron chi connectivity index (χ3n) is 3.93. The molecule has 0 spiro atoms. The molecule has 0 heterocycles. The van der Waals surface area contributed by atoms with E-state index >= 15 is 0 Å². The summed E-state index contributed by atoms with van der Waals surface area (Å²) in [6.07, 6.45) is 0. The number of methoxy groups -OCH3 is 1. The molecule has 0 aliphatic carbocycles. The standard InChI is InChI=1S/C19H25NO3S/c1-13-7-10-18(14(2)11-13)24(21,22)20-16-12-15(19(3,4)5)8-9-17(16)23-6/h7-12,20H,1-6H3. The van der Waals surface area contributed by atoms with Crippen molar-refractivity contribution in [2.75, 3.05) is 11.8 Å². The molecule has 0 radical (unpaired) electrons. The van der Waals surface area contributed by atoms with Crippen molar-refractivity contribution >= 4 is 15.7 Å². The van der Waals surface area contributed by atoms with E-state index in [4.69, 9.17) is 4.74 Å². The van der Waals surface area contributed by atoms with Gasteiger partial charge in [-0.2, -0.15) is 0 Å². The van der Waals surface area contributed by atoms with Crippen LogP contribution in [0, 0.1) is 13.8 Å². The monoisotopic (exact) mass is 347 g/mol. The Morgan fingerprint density at radius 1 is 1.00 bits per heavy atom. The predicted molar refractivity (Wildman–Crippen MR) is 98.4 cm³/mol. The highest BCUT2D eigenvalue weighted by Gasteiger charge is 2.21. The number of rotatable bonds is 4. The molecule has 0 saturated carbocycles. The number of benzene rings is 2. The maximum Gasteiger partial charge on any atom is 0.262 e. The first-order chi connectivity index (χ1) is 11.0. The minimum atomic E-state index is -3.69. The Morgan fingerprint density at radius 3 is 2.21 bits per heavy atom. The van der Waals surface area contributed by atoms with Crippen LogP contribution >= 0.6 is 0 Å². The zero-order chi connectivity index (χ0) is 18.1. The summed E-state index contributed by atoms with van der Waals surface area (Å²) in [5.74, 6) is 0.497. The Morgan fingerprint density at radius 2 is 1.67 bits per heavy atom. The quantitative estimate of drug-likeness (QED) is 0.891. The lowest BCUT2D eigenvalue weighted by Gasteiger charge is -2.21. The Kier molecular flexibility index (Phi) is 4.95. The highest BCUT2D eigenvalue weighted by atomic mass is 32.2. The van der Waals surface area contributed by atoms with E-state index in [1.54, 1.807) is 25.1 Å². The van der Waals surface area contributed by atoms with E-state index in [0.717, 1.165) is 11.1 Å². The molecule has 0 aliphatic heterocycles. The van der Waals surface area contributed by atoms with Crippen molar-refractivity contribution < 1.29 is 13.2 Å². The van der Waals surface area contributed by atoms with Crippen LogP contribution in [-0.2, 0) is 15.4 Å². The van der Waals surface area contributed by atoms with Crippen LogP contribution in [0.3, 0.4) is 0 Å². The Balaban J connectivity index is 2.49. The van der Waals surface area contributed by atoms with Crippen molar-refractivity contribution in [3.8, 4) is 5.75 Å². The van der Waals surface area contributed by atoms with Gasteiger partial charge in [0.15, 0.2) is 0 Å². The van der Waals surface area contributed by atoms with Crippen LogP contribution < -0.4 is 9.46 Å². The van der Waals surface area contributed by atoms with Crippen molar-refractivity contribution in [3.63, 3.8) is 0 Å². The van der Waals surface area contributed by atoms with E-state index in [1.165, 1.54) is 7.11 Å². The van der Waals surface area contributed by atoms with Gasteiger partial charge in [-0.1, -0.05) is 44.5 Å². The second-order valence-corrected chi connectivity index (χ2v) is 8.69. The molecule has 5 heteroatoms. The molecule has 2 rings (SSSR count). The van der Waals surface area contributed by atoms with Crippen molar-refractivity contribution in [2.45, 2.75) is 44.9 Å². The first kappa shape index (κ1) is 18.3. The average molecular weight is 347 g/mol. The molecule has 0 atom stereocenters. The number of anilines is 1. The highest BCUT2D eigenvalue weighted by molar-refractivity contribution is 7.92. The predicted octanol–water partition coefficient (Wildman–Crippen LogP) is 4.41. The van der Waals surface area contributed by atoms with E-state index in [0.29, 0.717) is 17.0 Å². The molecule has 0 amide bonds. The third-order valence-corrected chi connectivity index (χ3v) is 5.46. The number of ether oxygens (including phenoxy) is 1. The van der Waals surface area contributed by atoms with Crippen molar-refractivity contribution in [1.82, 2.24) is 0 Å². The molecule has 1 N–H and O–H groups in total. The van der Waals surface area contributed by atoms with Crippen molar-refractivity contribution in [2.24, 2.45) is 0 Å². The SMILES string of the molecule is COc1ccc(C(C)(C)C)cc1NS(=O)(=O)c1ccc(C)cc1C. The lowest BCUT2D eigenvalue weighted by atomic mass is 9.87. The van der Waals surface area contributed by atoms with Gasteiger partial charge in [0.05, 0.1) is 17.7 Å². The summed E-state index contributed by atoms with van der Waals surface area (Å²) in [5, 5.41) is 0. The summed E-state index contributed by atoms with van der Waals surface area (Å²) in [4.78, 5) is 0.274. The number of sulfonamides is 1. The molecule has 0 aliphatic rings. The number of hydrogen-bond acceptors (Lipinski definition) is 3. The summed E-state index contributed by atoms with van der Waals surface area (Å²) in [6.45, 7) is 9.97. The van der Waals surface area contributed by atoms with Crippen LogP contribution in [-0.4, -0.2) is 15.5 Å². The van der Waals surface area contributed by atoms with Gasteiger partial charge in [0.1, 0.15) is 5.75 Å². The van der Waals surface area contributed by atoms with Gasteiger partial charge in [-0.25, -0.2) is 8.42 Å². The van der Waals surface area contributed by atoms with Crippen molar-refractivity contribution in [3.05, 3.63) is 53.1 Å². The lowest BCUT2D eigenvalue weighted by Crippen LogP contribution is -2.17. The first-order valence-corrected chi connectivity index (χ1v) is 9.31. The summed E-state index contributed by atoms with van der Waals surface area (Å²) >= 11 is 0. The van der Waals surface area contributed by atoms with Gasteiger partial charge >= 0.3 is 0 Å². The molecule has 24 heavy (non-hydrogen) atoms. The fourth-order valence-electron chi connectivity index (χ4n) is 2.55. The fraction of sp³-hybridized carbons (Fsp3) is 0.368. The zero-order valence-electron chi connectivity index (χ0n) is 15.1. The van der Waals surface area contributed by atoms with E-state index < -0.39 is 10.0 Å². The molecule has 0 aromatic heterocycles.